The Kier molecular flexibility index (Phi) is 4.37. The lowest BCUT2D eigenvalue weighted by Gasteiger charge is -2.54. The fourth-order valence-electron chi connectivity index (χ4n) is 6.21. The number of nitrogens with one attached hydrogen (secondary N) is 3. The van der Waals surface area contributed by atoms with Crippen LogP contribution in [0.5, 0.6) is 0 Å². The molecule has 0 spiro atoms. The van der Waals surface area contributed by atoms with Crippen LogP contribution in [0, 0.1) is 23.7 Å². The average molecular weight is 381 g/mol. The Labute approximate surface area is 164 Å². The van der Waals surface area contributed by atoms with E-state index in [1.54, 1.807) is 24.3 Å². The fraction of sp³-hybridized carbons (Fsp3) is 0.591. The maximum absolute atomic E-state index is 12.6. The van der Waals surface area contributed by atoms with Gasteiger partial charge in [-0.25, -0.2) is 0 Å². The quantitative estimate of drug-likeness (QED) is 0.749. The molecule has 6 rings (SSSR count). The highest BCUT2D eigenvalue weighted by Gasteiger charge is 2.48. The Hall–Kier alpha value is -2.37. The Bertz CT molecular complexity index is 793. The van der Waals surface area contributed by atoms with Crippen LogP contribution in [0.15, 0.2) is 24.3 Å². The molecule has 4 aliphatic carbocycles. The summed E-state index contributed by atoms with van der Waals surface area (Å²) in [5.74, 6) is 2.48. The van der Waals surface area contributed by atoms with Gasteiger partial charge in [-0.1, -0.05) is 12.1 Å². The van der Waals surface area contributed by atoms with Gasteiger partial charge < -0.3 is 16.0 Å². The molecule has 1 heterocycles. The topological polar surface area (TPSA) is 87.3 Å². The molecular weight excluding hydrogens is 354 g/mol. The molecular formula is C22H27N3O3. The van der Waals surface area contributed by atoms with Gasteiger partial charge in [-0.15, -0.1) is 0 Å². The van der Waals surface area contributed by atoms with Crippen LogP contribution in [0.1, 0.15) is 55.3 Å². The van der Waals surface area contributed by atoms with Gasteiger partial charge in [-0.2, -0.15) is 0 Å². The van der Waals surface area contributed by atoms with Gasteiger partial charge in [0.1, 0.15) is 6.04 Å². The SMILES string of the molecule is O=C(CCC1NC(=O)c2ccccc2NC1=O)NC1C2CC3CC(C2)CC1C3. The van der Waals surface area contributed by atoms with Crippen molar-refractivity contribution in [2.75, 3.05) is 5.32 Å². The molecule has 3 amide bonds. The second kappa shape index (κ2) is 6.90. The Morgan fingerprint density at radius 3 is 2.39 bits per heavy atom. The van der Waals surface area contributed by atoms with E-state index in [-0.39, 0.29) is 24.1 Å². The highest BCUT2D eigenvalue weighted by atomic mass is 16.2. The first-order valence-electron chi connectivity index (χ1n) is 10.6. The highest BCUT2D eigenvalue weighted by molar-refractivity contribution is 6.09. The third-order valence-electron chi connectivity index (χ3n) is 7.27. The van der Waals surface area contributed by atoms with Crippen molar-refractivity contribution in [1.29, 1.82) is 0 Å². The molecule has 1 aliphatic heterocycles. The summed E-state index contributed by atoms with van der Waals surface area (Å²) < 4.78 is 0. The van der Waals surface area contributed by atoms with E-state index in [0.717, 1.165) is 11.8 Å². The van der Waals surface area contributed by atoms with Gasteiger partial charge in [-0.3, -0.25) is 14.4 Å². The second-order valence-corrected chi connectivity index (χ2v) is 9.12. The monoisotopic (exact) mass is 381 g/mol. The third-order valence-corrected chi connectivity index (χ3v) is 7.27. The van der Waals surface area contributed by atoms with Crippen molar-refractivity contribution in [2.24, 2.45) is 23.7 Å². The van der Waals surface area contributed by atoms with E-state index in [1.807, 2.05) is 0 Å². The molecule has 5 aliphatic rings. The number of para-hydroxylation sites is 1. The molecule has 1 atom stereocenters. The van der Waals surface area contributed by atoms with E-state index in [0.29, 0.717) is 35.5 Å². The molecule has 1 aromatic rings. The van der Waals surface area contributed by atoms with E-state index in [9.17, 15) is 14.4 Å². The van der Waals surface area contributed by atoms with Crippen molar-refractivity contribution >= 4 is 23.4 Å². The molecule has 28 heavy (non-hydrogen) atoms. The standard InChI is InChI=1S/C22H27N3O3/c26-19(25-20-14-8-12-7-13(10-14)11-15(20)9-12)6-5-18-22(28)23-17-4-2-1-3-16(17)21(27)24-18/h1-4,12-15,18,20H,5-11H2,(H,23,28)(H,24,27)(H,25,26). The number of amides is 3. The number of hydrogen-bond donors (Lipinski definition) is 3. The number of benzene rings is 1. The van der Waals surface area contributed by atoms with Crippen LogP contribution in [-0.4, -0.2) is 29.8 Å². The first-order valence-corrected chi connectivity index (χ1v) is 10.6. The van der Waals surface area contributed by atoms with Crippen LogP contribution in [0.25, 0.3) is 0 Å². The van der Waals surface area contributed by atoms with E-state index < -0.39 is 6.04 Å². The van der Waals surface area contributed by atoms with E-state index in [2.05, 4.69) is 16.0 Å². The minimum absolute atomic E-state index is 0.00119. The molecule has 6 nitrogen and oxygen atoms in total. The maximum atomic E-state index is 12.6. The second-order valence-electron chi connectivity index (χ2n) is 9.12. The molecule has 0 saturated heterocycles. The lowest BCUT2D eigenvalue weighted by Crippen LogP contribution is -2.56. The molecule has 4 saturated carbocycles. The van der Waals surface area contributed by atoms with Crippen LogP contribution in [0.4, 0.5) is 5.69 Å². The summed E-state index contributed by atoms with van der Waals surface area (Å²) in [5.41, 5.74) is 0.974. The molecule has 6 heteroatoms. The smallest absolute Gasteiger partial charge is 0.254 e. The molecule has 3 N–H and O–H groups in total. The van der Waals surface area contributed by atoms with Gasteiger partial charge in [-0.05, 0) is 74.3 Å². The largest absolute Gasteiger partial charge is 0.353 e. The van der Waals surface area contributed by atoms with Gasteiger partial charge in [0.2, 0.25) is 11.8 Å². The maximum Gasteiger partial charge on any atom is 0.254 e. The third kappa shape index (κ3) is 3.19. The predicted molar refractivity (Wildman–Crippen MR) is 105 cm³/mol. The van der Waals surface area contributed by atoms with Gasteiger partial charge in [0.05, 0.1) is 11.3 Å². The lowest BCUT2D eigenvalue weighted by molar-refractivity contribution is -0.125. The fourth-order valence-corrected chi connectivity index (χ4v) is 6.21. The normalized spacial score (nSPS) is 35.6. The number of hydrogen-bond acceptors (Lipinski definition) is 3. The summed E-state index contributed by atoms with van der Waals surface area (Å²) >= 11 is 0. The summed E-state index contributed by atoms with van der Waals surface area (Å²) in [4.78, 5) is 37.5. The molecule has 1 unspecified atom stereocenters. The zero-order valence-electron chi connectivity index (χ0n) is 15.9. The molecule has 148 valence electrons. The van der Waals surface area contributed by atoms with Crippen molar-refractivity contribution in [3.05, 3.63) is 29.8 Å². The van der Waals surface area contributed by atoms with Gasteiger partial charge >= 0.3 is 0 Å². The van der Waals surface area contributed by atoms with Crippen molar-refractivity contribution in [3.63, 3.8) is 0 Å². The van der Waals surface area contributed by atoms with Crippen molar-refractivity contribution < 1.29 is 14.4 Å². The zero-order chi connectivity index (χ0) is 19.3. The zero-order valence-corrected chi connectivity index (χ0v) is 15.9. The summed E-state index contributed by atoms with van der Waals surface area (Å²) in [6.45, 7) is 0. The highest BCUT2D eigenvalue weighted by Crippen LogP contribution is 2.53. The predicted octanol–water partition coefficient (Wildman–Crippen LogP) is 2.46. The molecule has 0 radical (unpaired) electrons. The Morgan fingerprint density at radius 1 is 1.00 bits per heavy atom. The van der Waals surface area contributed by atoms with Crippen LogP contribution in [0.3, 0.4) is 0 Å². The van der Waals surface area contributed by atoms with Crippen LogP contribution < -0.4 is 16.0 Å². The first-order chi connectivity index (χ1) is 13.6. The van der Waals surface area contributed by atoms with E-state index >= 15 is 0 Å². The number of carbonyl (C=O) groups is 3. The van der Waals surface area contributed by atoms with Crippen LogP contribution in [0.2, 0.25) is 0 Å². The van der Waals surface area contributed by atoms with E-state index in [4.69, 9.17) is 0 Å². The van der Waals surface area contributed by atoms with Gasteiger partial charge in [0.25, 0.3) is 5.91 Å². The van der Waals surface area contributed by atoms with Crippen molar-refractivity contribution in [2.45, 2.75) is 57.0 Å². The average Bonchev–Trinajstić information content (AvgIpc) is 2.79. The number of anilines is 1. The summed E-state index contributed by atoms with van der Waals surface area (Å²) in [5, 5.41) is 8.84. The Morgan fingerprint density at radius 2 is 1.68 bits per heavy atom. The minimum Gasteiger partial charge on any atom is -0.353 e. The summed E-state index contributed by atoms with van der Waals surface area (Å²) in [6, 6.07) is 6.57. The van der Waals surface area contributed by atoms with Crippen LogP contribution >= 0.6 is 0 Å². The molecule has 1 aromatic carbocycles. The lowest BCUT2D eigenvalue weighted by atomic mass is 9.54. The molecule has 4 fully saturated rings. The van der Waals surface area contributed by atoms with Gasteiger partial charge in [0.15, 0.2) is 0 Å². The van der Waals surface area contributed by atoms with Gasteiger partial charge in [0, 0.05) is 12.5 Å². The summed E-state index contributed by atoms with van der Waals surface area (Å²) in [6.07, 6.45) is 7.00. The van der Waals surface area contributed by atoms with Crippen LogP contribution in [-0.2, 0) is 9.59 Å². The number of rotatable bonds is 4. The minimum atomic E-state index is -0.691. The van der Waals surface area contributed by atoms with Crippen molar-refractivity contribution in [3.8, 4) is 0 Å². The van der Waals surface area contributed by atoms with E-state index in [1.165, 1.54) is 32.1 Å². The molecule has 4 bridgehead atoms. The van der Waals surface area contributed by atoms with Crippen molar-refractivity contribution in [1.82, 2.24) is 10.6 Å². The first kappa shape index (κ1) is 17.7. The summed E-state index contributed by atoms with van der Waals surface area (Å²) in [7, 11) is 0. The number of fused-ring (bicyclic) bond motifs is 1. The Balaban J connectivity index is 1.18. The number of carbonyl (C=O) groups excluding carboxylic acids is 3. The molecule has 0 aromatic heterocycles.